The molecule has 0 aromatic carbocycles. The predicted molar refractivity (Wildman–Crippen MR) is 69.5 cm³/mol. The first kappa shape index (κ1) is 12.7. The maximum Gasteiger partial charge on any atom is 0.153 e. The van der Waals surface area contributed by atoms with Crippen LogP contribution in [-0.2, 0) is 0 Å². The van der Waals surface area contributed by atoms with Crippen LogP contribution in [0.5, 0.6) is 0 Å². The fraction of sp³-hybridized carbons (Fsp3) is 0.538. The Kier molecular flexibility index (Phi) is 5.54. The van der Waals surface area contributed by atoms with Crippen LogP contribution in [0.3, 0.4) is 0 Å². The first-order valence-electron chi connectivity index (χ1n) is 5.87. The van der Waals surface area contributed by atoms with Crippen LogP contribution < -0.4 is 4.90 Å². The Labute approximate surface area is 98.2 Å². The van der Waals surface area contributed by atoms with Crippen molar-refractivity contribution in [1.82, 2.24) is 9.97 Å². The highest BCUT2D eigenvalue weighted by molar-refractivity contribution is 5.42. The summed E-state index contributed by atoms with van der Waals surface area (Å²) < 4.78 is 0. The van der Waals surface area contributed by atoms with E-state index in [0.29, 0.717) is 5.82 Å². The van der Waals surface area contributed by atoms with Gasteiger partial charge < -0.3 is 4.90 Å². The van der Waals surface area contributed by atoms with E-state index in [1.807, 2.05) is 25.1 Å². The first-order valence-corrected chi connectivity index (χ1v) is 5.87. The molecular formula is C13H21N3. The maximum atomic E-state index is 4.19. The molecule has 1 heterocycles. The van der Waals surface area contributed by atoms with Crippen molar-refractivity contribution in [3.63, 3.8) is 0 Å². The van der Waals surface area contributed by atoms with Crippen molar-refractivity contribution >= 4 is 11.9 Å². The molecule has 0 saturated heterocycles. The summed E-state index contributed by atoms with van der Waals surface area (Å²) >= 11 is 0. The van der Waals surface area contributed by atoms with Gasteiger partial charge in [0.2, 0.25) is 0 Å². The van der Waals surface area contributed by atoms with E-state index in [4.69, 9.17) is 0 Å². The fourth-order valence-corrected chi connectivity index (χ4v) is 1.60. The highest BCUT2D eigenvalue weighted by Gasteiger charge is 1.96. The topological polar surface area (TPSA) is 29.0 Å². The maximum absolute atomic E-state index is 4.19. The Morgan fingerprint density at radius 3 is 2.19 bits per heavy atom. The molecule has 16 heavy (non-hydrogen) atoms. The summed E-state index contributed by atoms with van der Waals surface area (Å²) in [6, 6.07) is 1.85. The number of anilines is 1. The van der Waals surface area contributed by atoms with Crippen molar-refractivity contribution < 1.29 is 0 Å². The van der Waals surface area contributed by atoms with Crippen molar-refractivity contribution in [1.29, 1.82) is 0 Å². The highest BCUT2D eigenvalue weighted by Crippen LogP contribution is 2.15. The van der Waals surface area contributed by atoms with E-state index in [0.717, 1.165) is 5.82 Å². The molecule has 2 rings (SSSR count). The molecule has 1 fully saturated rings. The second-order valence-electron chi connectivity index (χ2n) is 4.14. The Bertz CT molecular complexity index is 309. The summed E-state index contributed by atoms with van der Waals surface area (Å²) in [6.45, 7) is 3.59. The number of rotatable bonds is 2. The van der Waals surface area contributed by atoms with Gasteiger partial charge in [0.1, 0.15) is 5.82 Å². The van der Waals surface area contributed by atoms with Crippen molar-refractivity contribution in [3.8, 4) is 0 Å². The van der Waals surface area contributed by atoms with Gasteiger partial charge in [-0.1, -0.05) is 38.7 Å². The van der Waals surface area contributed by atoms with Gasteiger partial charge in [0.25, 0.3) is 0 Å². The fourth-order valence-electron chi connectivity index (χ4n) is 1.60. The lowest BCUT2D eigenvalue weighted by atomic mass is 10.4. The molecule has 0 amide bonds. The monoisotopic (exact) mass is 219 g/mol. The van der Waals surface area contributed by atoms with Crippen LogP contribution in [0.4, 0.5) is 5.82 Å². The van der Waals surface area contributed by atoms with Gasteiger partial charge in [0.05, 0.1) is 0 Å². The Balaban J connectivity index is 0.000000212. The van der Waals surface area contributed by atoms with Crippen molar-refractivity contribution in [3.05, 3.63) is 24.7 Å². The number of nitrogens with zero attached hydrogens (tertiary/aromatic N) is 3. The van der Waals surface area contributed by atoms with Crippen LogP contribution in [0.25, 0.3) is 6.08 Å². The largest absolute Gasteiger partial charge is 0.363 e. The minimum atomic E-state index is 0.663. The van der Waals surface area contributed by atoms with Gasteiger partial charge in [0, 0.05) is 20.3 Å². The van der Waals surface area contributed by atoms with E-state index >= 15 is 0 Å². The summed E-state index contributed by atoms with van der Waals surface area (Å²) in [5.41, 5.74) is 0. The van der Waals surface area contributed by atoms with Gasteiger partial charge in [-0.05, 0) is 12.1 Å². The molecule has 0 atom stereocenters. The summed E-state index contributed by atoms with van der Waals surface area (Å²) in [5, 5.41) is 0. The molecule has 1 aromatic rings. The molecule has 3 heteroatoms. The Morgan fingerprint density at radius 2 is 1.75 bits per heavy atom. The van der Waals surface area contributed by atoms with E-state index < -0.39 is 0 Å². The lowest BCUT2D eigenvalue weighted by Crippen LogP contribution is -2.11. The molecule has 1 aliphatic rings. The average Bonchev–Trinajstić information content (AvgIpc) is 2.88. The second-order valence-corrected chi connectivity index (χ2v) is 4.14. The lowest BCUT2D eigenvalue weighted by molar-refractivity contribution is 0.886. The third kappa shape index (κ3) is 4.43. The van der Waals surface area contributed by atoms with Gasteiger partial charge >= 0.3 is 0 Å². The zero-order chi connectivity index (χ0) is 11.8. The third-order valence-corrected chi connectivity index (χ3v) is 2.55. The molecule has 0 aliphatic heterocycles. The standard InChI is InChI=1S/C8H11N3.C5H10/c1-4-7-9-6-5-8(10-7)11(2)3;1-2-4-5-3-1/h4-6H,1H2,2-3H3;1-5H2. The van der Waals surface area contributed by atoms with E-state index in [-0.39, 0.29) is 0 Å². The quantitative estimate of drug-likeness (QED) is 0.765. The van der Waals surface area contributed by atoms with E-state index in [1.54, 1.807) is 12.3 Å². The summed E-state index contributed by atoms with van der Waals surface area (Å²) in [5.74, 6) is 1.56. The van der Waals surface area contributed by atoms with Crippen LogP contribution in [0.1, 0.15) is 37.9 Å². The van der Waals surface area contributed by atoms with Gasteiger partial charge in [-0.25, -0.2) is 9.97 Å². The second kappa shape index (κ2) is 6.99. The first-order chi connectivity index (χ1) is 7.74. The summed E-state index contributed by atoms with van der Waals surface area (Å²) in [4.78, 5) is 10.1. The number of hydrogen-bond acceptors (Lipinski definition) is 3. The highest BCUT2D eigenvalue weighted by atomic mass is 15.1. The van der Waals surface area contributed by atoms with E-state index in [2.05, 4.69) is 16.5 Å². The van der Waals surface area contributed by atoms with Crippen LogP contribution in [0.15, 0.2) is 18.8 Å². The molecule has 1 aliphatic carbocycles. The number of hydrogen-bond donors (Lipinski definition) is 0. The van der Waals surface area contributed by atoms with Crippen LogP contribution in [0.2, 0.25) is 0 Å². The van der Waals surface area contributed by atoms with Crippen LogP contribution >= 0.6 is 0 Å². The smallest absolute Gasteiger partial charge is 0.153 e. The van der Waals surface area contributed by atoms with Gasteiger partial charge in [-0.2, -0.15) is 0 Å². The zero-order valence-electron chi connectivity index (χ0n) is 10.3. The van der Waals surface area contributed by atoms with E-state index in [1.165, 1.54) is 32.1 Å². The normalized spacial score (nSPS) is 13.9. The Morgan fingerprint density at radius 1 is 1.19 bits per heavy atom. The molecule has 3 nitrogen and oxygen atoms in total. The molecule has 0 unspecified atom stereocenters. The minimum Gasteiger partial charge on any atom is -0.363 e. The Hall–Kier alpha value is -1.38. The molecule has 1 saturated carbocycles. The molecule has 0 radical (unpaired) electrons. The molecule has 0 N–H and O–H groups in total. The van der Waals surface area contributed by atoms with Crippen molar-refractivity contribution in [2.24, 2.45) is 0 Å². The van der Waals surface area contributed by atoms with Crippen LogP contribution in [0, 0.1) is 0 Å². The van der Waals surface area contributed by atoms with Crippen LogP contribution in [-0.4, -0.2) is 24.1 Å². The molecular weight excluding hydrogens is 198 g/mol. The number of aromatic nitrogens is 2. The van der Waals surface area contributed by atoms with Gasteiger partial charge in [-0.15, -0.1) is 0 Å². The zero-order valence-corrected chi connectivity index (χ0v) is 10.3. The molecule has 1 aromatic heterocycles. The molecule has 0 spiro atoms. The molecule has 88 valence electrons. The summed E-state index contributed by atoms with van der Waals surface area (Å²) in [6.07, 6.45) is 10.9. The van der Waals surface area contributed by atoms with Gasteiger partial charge in [0.15, 0.2) is 5.82 Å². The minimum absolute atomic E-state index is 0.663. The van der Waals surface area contributed by atoms with Crippen molar-refractivity contribution in [2.75, 3.05) is 19.0 Å². The predicted octanol–water partition coefficient (Wildman–Crippen LogP) is 3.14. The molecule has 0 bridgehead atoms. The third-order valence-electron chi connectivity index (χ3n) is 2.55. The van der Waals surface area contributed by atoms with E-state index in [9.17, 15) is 0 Å². The van der Waals surface area contributed by atoms with Crippen molar-refractivity contribution in [2.45, 2.75) is 32.1 Å². The summed E-state index contributed by atoms with van der Waals surface area (Å²) in [7, 11) is 3.88. The lowest BCUT2D eigenvalue weighted by Gasteiger charge is -2.09. The van der Waals surface area contributed by atoms with Gasteiger partial charge in [-0.3, -0.25) is 0 Å². The SMILES string of the molecule is C1CCCC1.C=Cc1nccc(N(C)C)n1. The average molecular weight is 219 g/mol.